The number of hydrogen-bond acceptors (Lipinski definition) is 4. The largest absolute Gasteiger partial charge is 0.493 e. The molecule has 27 heavy (non-hydrogen) atoms. The second-order valence-electron chi connectivity index (χ2n) is 7.37. The van der Waals surface area contributed by atoms with Crippen LogP contribution in [0.1, 0.15) is 37.8 Å². The fourth-order valence-corrected chi connectivity index (χ4v) is 3.40. The maximum atomic E-state index is 12.0. The van der Waals surface area contributed by atoms with E-state index in [1.807, 2.05) is 18.2 Å². The molecule has 3 atom stereocenters. The molecule has 0 saturated carbocycles. The summed E-state index contributed by atoms with van der Waals surface area (Å²) < 4.78 is 11.4. The van der Waals surface area contributed by atoms with Crippen molar-refractivity contribution in [2.75, 3.05) is 33.9 Å². The Morgan fingerprint density at radius 3 is 2.81 bits per heavy atom. The molecule has 7 heteroatoms. The molecule has 1 aromatic rings. The summed E-state index contributed by atoms with van der Waals surface area (Å²) >= 11 is 0. The van der Waals surface area contributed by atoms with Crippen LogP contribution in [-0.4, -0.2) is 62.8 Å². The van der Waals surface area contributed by atoms with Crippen LogP contribution in [0.25, 0.3) is 0 Å². The standard InChI is InChI=1S/C20H30N4O3/c1-14-12-15(8-10-26-14)22-20(21-13-19(25)24(2)3)23-17-9-11-27-18-7-5-4-6-16(17)18/h4-7,14-15,17H,8-13H2,1-3H3,(H2,21,22,23). The monoisotopic (exact) mass is 374 g/mol. The van der Waals surface area contributed by atoms with Crippen molar-refractivity contribution in [3.05, 3.63) is 29.8 Å². The van der Waals surface area contributed by atoms with Gasteiger partial charge in [-0.1, -0.05) is 18.2 Å². The Morgan fingerprint density at radius 1 is 1.22 bits per heavy atom. The maximum absolute atomic E-state index is 12.0. The van der Waals surface area contributed by atoms with E-state index in [4.69, 9.17) is 9.47 Å². The molecule has 0 aliphatic carbocycles. The van der Waals surface area contributed by atoms with Gasteiger partial charge in [0.1, 0.15) is 12.3 Å². The fraction of sp³-hybridized carbons (Fsp3) is 0.600. The highest BCUT2D eigenvalue weighted by Gasteiger charge is 2.25. The zero-order valence-electron chi connectivity index (χ0n) is 16.4. The van der Waals surface area contributed by atoms with E-state index in [1.165, 1.54) is 0 Å². The molecule has 2 aliphatic heterocycles. The Bertz CT molecular complexity index is 677. The summed E-state index contributed by atoms with van der Waals surface area (Å²) in [5.41, 5.74) is 1.12. The van der Waals surface area contributed by atoms with Crippen molar-refractivity contribution in [1.29, 1.82) is 0 Å². The number of ether oxygens (including phenoxy) is 2. The van der Waals surface area contributed by atoms with E-state index in [2.05, 4.69) is 28.6 Å². The van der Waals surface area contributed by atoms with E-state index in [1.54, 1.807) is 19.0 Å². The van der Waals surface area contributed by atoms with Crippen LogP contribution in [0.4, 0.5) is 0 Å². The molecule has 3 unspecified atom stereocenters. The first kappa shape index (κ1) is 19.5. The Balaban J connectivity index is 1.73. The van der Waals surface area contributed by atoms with Gasteiger partial charge in [0.2, 0.25) is 5.91 Å². The molecule has 148 valence electrons. The molecule has 0 bridgehead atoms. The second kappa shape index (κ2) is 9.08. The van der Waals surface area contributed by atoms with Crippen LogP contribution < -0.4 is 15.4 Å². The predicted molar refractivity (Wildman–Crippen MR) is 105 cm³/mol. The van der Waals surface area contributed by atoms with Crippen molar-refractivity contribution in [2.45, 2.75) is 44.4 Å². The number of guanidine groups is 1. The zero-order valence-corrected chi connectivity index (χ0v) is 16.4. The smallest absolute Gasteiger partial charge is 0.243 e. The third-order valence-corrected chi connectivity index (χ3v) is 4.97. The summed E-state index contributed by atoms with van der Waals surface area (Å²) in [6.45, 7) is 3.60. The first-order chi connectivity index (χ1) is 13.0. The molecule has 3 rings (SSSR count). The summed E-state index contributed by atoms with van der Waals surface area (Å²) in [5, 5.41) is 7.02. The summed E-state index contributed by atoms with van der Waals surface area (Å²) in [6, 6.07) is 8.45. The van der Waals surface area contributed by atoms with Gasteiger partial charge in [-0.3, -0.25) is 4.79 Å². The lowest BCUT2D eigenvalue weighted by molar-refractivity contribution is -0.127. The van der Waals surface area contributed by atoms with Crippen LogP contribution in [0.15, 0.2) is 29.3 Å². The summed E-state index contributed by atoms with van der Waals surface area (Å²) in [5.74, 6) is 1.56. The van der Waals surface area contributed by atoms with Gasteiger partial charge in [-0.2, -0.15) is 0 Å². The van der Waals surface area contributed by atoms with Crippen molar-refractivity contribution in [1.82, 2.24) is 15.5 Å². The maximum Gasteiger partial charge on any atom is 0.243 e. The zero-order chi connectivity index (χ0) is 19.2. The van der Waals surface area contributed by atoms with Crippen molar-refractivity contribution in [3.8, 4) is 5.75 Å². The third kappa shape index (κ3) is 5.35. The van der Waals surface area contributed by atoms with E-state index in [9.17, 15) is 4.79 Å². The van der Waals surface area contributed by atoms with Gasteiger partial charge in [0.25, 0.3) is 0 Å². The van der Waals surface area contributed by atoms with Gasteiger partial charge in [-0.25, -0.2) is 4.99 Å². The number of carbonyl (C=O) groups is 1. The number of nitrogens with one attached hydrogen (secondary N) is 2. The number of para-hydroxylation sites is 1. The lowest BCUT2D eigenvalue weighted by atomic mass is 10.0. The quantitative estimate of drug-likeness (QED) is 0.620. The Labute approximate surface area is 161 Å². The highest BCUT2D eigenvalue weighted by atomic mass is 16.5. The van der Waals surface area contributed by atoms with Gasteiger partial charge in [0, 0.05) is 38.7 Å². The number of aliphatic imine (C=N–C) groups is 1. The highest BCUT2D eigenvalue weighted by molar-refractivity contribution is 5.85. The molecule has 2 aliphatic rings. The molecule has 7 nitrogen and oxygen atoms in total. The topological polar surface area (TPSA) is 75.2 Å². The van der Waals surface area contributed by atoms with E-state index in [0.29, 0.717) is 12.6 Å². The van der Waals surface area contributed by atoms with E-state index >= 15 is 0 Å². The predicted octanol–water partition coefficient (Wildman–Crippen LogP) is 1.70. The van der Waals surface area contributed by atoms with E-state index in [-0.39, 0.29) is 30.6 Å². The van der Waals surface area contributed by atoms with Gasteiger partial charge in [0.05, 0.1) is 18.8 Å². The fourth-order valence-electron chi connectivity index (χ4n) is 3.40. The van der Waals surface area contributed by atoms with Crippen molar-refractivity contribution in [3.63, 3.8) is 0 Å². The van der Waals surface area contributed by atoms with Crippen LogP contribution in [0, 0.1) is 0 Å². The Kier molecular flexibility index (Phi) is 6.55. The SMILES string of the molecule is CC1CC(NC(=NCC(=O)N(C)C)NC2CCOc3ccccc32)CCO1. The normalized spacial score (nSPS) is 25.1. The highest BCUT2D eigenvalue weighted by Crippen LogP contribution is 2.31. The van der Waals surface area contributed by atoms with Gasteiger partial charge >= 0.3 is 0 Å². The van der Waals surface area contributed by atoms with E-state index < -0.39 is 0 Å². The van der Waals surface area contributed by atoms with Crippen molar-refractivity contribution < 1.29 is 14.3 Å². The van der Waals surface area contributed by atoms with Crippen molar-refractivity contribution in [2.24, 2.45) is 4.99 Å². The van der Waals surface area contributed by atoms with Gasteiger partial charge < -0.3 is 25.0 Å². The number of amides is 1. The minimum atomic E-state index is -0.0242. The number of rotatable bonds is 4. The lowest BCUT2D eigenvalue weighted by Gasteiger charge is -2.32. The number of likely N-dealkylation sites (N-methyl/N-ethyl adjacent to an activating group) is 1. The molecule has 2 heterocycles. The molecule has 1 saturated heterocycles. The van der Waals surface area contributed by atoms with Crippen LogP contribution in [-0.2, 0) is 9.53 Å². The molecule has 1 amide bonds. The van der Waals surface area contributed by atoms with E-state index in [0.717, 1.165) is 37.2 Å². The average Bonchev–Trinajstić information content (AvgIpc) is 2.66. The lowest BCUT2D eigenvalue weighted by Crippen LogP contribution is -2.48. The molecule has 0 aromatic heterocycles. The second-order valence-corrected chi connectivity index (χ2v) is 7.37. The molecule has 1 aromatic carbocycles. The van der Waals surface area contributed by atoms with Gasteiger partial charge in [0.15, 0.2) is 5.96 Å². The molecule has 1 fully saturated rings. The molecule has 2 N–H and O–H groups in total. The minimum absolute atomic E-state index is 0.0242. The number of nitrogens with zero attached hydrogens (tertiary/aromatic N) is 2. The number of fused-ring (bicyclic) bond motifs is 1. The van der Waals surface area contributed by atoms with Crippen molar-refractivity contribution >= 4 is 11.9 Å². The first-order valence-electron chi connectivity index (χ1n) is 9.64. The Hall–Kier alpha value is -2.28. The molecule has 0 spiro atoms. The molecular formula is C20H30N4O3. The number of carbonyl (C=O) groups excluding carboxylic acids is 1. The van der Waals surface area contributed by atoms with Gasteiger partial charge in [-0.15, -0.1) is 0 Å². The molecular weight excluding hydrogens is 344 g/mol. The number of benzene rings is 1. The first-order valence-corrected chi connectivity index (χ1v) is 9.64. The van der Waals surface area contributed by atoms with Crippen LogP contribution >= 0.6 is 0 Å². The molecule has 0 radical (unpaired) electrons. The summed E-state index contributed by atoms with van der Waals surface area (Å²) in [7, 11) is 3.49. The minimum Gasteiger partial charge on any atom is -0.493 e. The average molecular weight is 374 g/mol. The number of hydrogen-bond donors (Lipinski definition) is 2. The summed E-state index contributed by atoms with van der Waals surface area (Å²) in [6.07, 6.45) is 2.93. The Morgan fingerprint density at radius 2 is 2.04 bits per heavy atom. The van der Waals surface area contributed by atoms with Crippen LogP contribution in [0.3, 0.4) is 0 Å². The van der Waals surface area contributed by atoms with Crippen LogP contribution in [0.5, 0.6) is 5.75 Å². The summed E-state index contributed by atoms with van der Waals surface area (Å²) in [4.78, 5) is 18.1. The van der Waals surface area contributed by atoms with Crippen LogP contribution in [0.2, 0.25) is 0 Å². The third-order valence-electron chi connectivity index (χ3n) is 4.97. The van der Waals surface area contributed by atoms with Gasteiger partial charge in [-0.05, 0) is 25.8 Å².